The minimum Gasteiger partial charge on any atom is -0.383 e. The van der Waals surface area contributed by atoms with Gasteiger partial charge in [-0.3, -0.25) is 4.98 Å². The molecular formula is C14H10ClNOS. The third kappa shape index (κ3) is 2.01. The lowest BCUT2D eigenvalue weighted by molar-refractivity contribution is 0.224. The Morgan fingerprint density at radius 3 is 2.89 bits per heavy atom. The first kappa shape index (κ1) is 11.7. The van der Waals surface area contributed by atoms with Crippen molar-refractivity contribution in [2.24, 2.45) is 0 Å². The van der Waals surface area contributed by atoms with E-state index in [0.29, 0.717) is 5.02 Å². The van der Waals surface area contributed by atoms with Crippen molar-refractivity contribution in [1.29, 1.82) is 0 Å². The van der Waals surface area contributed by atoms with Crippen molar-refractivity contribution in [3.05, 3.63) is 63.4 Å². The van der Waals surface area contributed by atoms with Crippen LogP contribution < -0.4 is 0 Å². The number of thiophene rings is 1. The summed E-state index contributed by atoms with van der Waals surface area (Å²) >= 11 is 7.49. The standard InChI is InChI=1S/C14H10ClNOS/c15-11-5-7-18-14(11)13(17)10-4-3-9-2-1-6-16-12(9)8-10/h1-8,13,17H. The Kier molecular flexibility index (Phi) is 3.04. The number of benzene rings is 1. The van der Waals surface area contributed by atoms with Gasteiger partial charge in [-0.05, 0) is 29.1 Å². The van der Waals surface area contributed by atoms with Gasteiger partial charge in [0.15, 0.2) is 0 Å². The van der Waals surface area contributed by atoms with Gasteiger partial charge in [-0.15, -0.1) is 11.3 Å². The van der Waals surface area contributed by atoms with Gasteiger partial charge < -0.3 is 5.11 Å². The van der Waals surface area contributed by atoms with E-state index in [1.165, 1.54) is 11.3 Å². The summed E-state index contributed by atoms with van der Waals surface area (Å²) in [5.74, 6) is 0. The lowest BCUT2D eigenvalue weighted by Crippen LogP contribution is -1.97. The fraction of sp³-hybridized carbons (Fsp3) is 0.0714. The Hall–Kier alpha value is -1.42. The predicted molar refractivity (Wildman–Crippen MR) is 75.1 cm³/mol. The second-order valence-corrected chi connectivity index (χ2v) is 5.35. The topological polar surface area (TPSA) is 33.1 Å². The summed E-state index contributed by atoms with van der Waals surface area (Å²) in [6.45, 7) is 0. The van der Waals surface area contributed by atoms with Crippen LogP contribution in [0.25, 0.3) is 10.9 Å². The number of aromatic nitrogens is 1. The Labute approximate surface area is 113 Å². The number of nitrogens with zero attached hydrogens (tertiary/aromatic N) is 1. The summed E-state index contributed by atoms with van der Waals surface area (Å²) < 4.78 is 0. The molecule has 90 valence electrons. The molecule has 3 rings (SSSR count). The molecule has 0 fully saturated rings. The molecule has 2 aromatic heterocycles. The van der Waals surface area contributed by atoms with E-state index in [1.807, 2.05) is 35.7 Å². The first-order chi connectivity index (χ1) is 8.75. The second kappa shape index (κ2) is 4.69. The molecule has 0 bridgehead atoms. The van der Waals surface area contributed by atoms with E-state index in [-0.39, 0.29) is 0 Å². The largest absolute Gasteiger partial charge is 0.383 e. The van der Waals surface area contributed by atoms with Crippen molar-refractivity contribution in [2.45, 2.75) is 6.10 Å². The van der Waals surface area contributed by atoms with Crippen molar-refractivity contribution < 1.29 is 5.11 Å². The molecule has 18 heavy (non-hydrogen) atoms. The summed E-state index contributed by atoms with van der Waals surface area (Å²) in [6, 6.07) is 11.5. The van der Waals surface area contributed by atoms with Crippen LogP contribution in [0.3, 0.4) is 0 Å². The van der Waals surface area contributed by atoms with Gasteiger partial charge in [-0.25, -0.2) is 0 Å². The summed E-state index contributed by atoms with van der Waals surface area (Å²) in [5, 5.41) is 13.9. The van der Waals surface area contributed by atoms with Crippen molar-refractivity contribution in [3.8, 4) is 0 Å². The van der Waals surface area contributed by atoms with Crippen molar-refractivity contribution in [3.63, 3.8) is 0 Å². The third-order valence-electron chi connectivity index (χ3n) is 2.84. The minimum absolute atomic E-state index is 0.605. The van der Waals surface area contributed by atoms with Gasteiger partial charge in [0.2, 0.25) is 0 Å². The highest BCUT2D eigenvalue weighted by Gasteiger charge is 2.15. The van der Waals surface area contributed by atoms with E-state index in [4.69, 9.17) is 11.6 Å². The molecule has 4 heteroatoms. The molecule has 0 aliphatic rings. The first-order valence-electron chi connectivity index (χ1n) is 5.51. The zero-order valence-electron chi connectivity index (χ0n) is 9.38. The molecule has 1 atom stereocenters. The molecule has 2 nitrogen and oxygen atoms in total. The highest BCUT2D eigenvalue weighted by Crippen LogP contribution is 2.33. The van der Waals surface area contributed by atoms with Crippen molar-refractivity contribution >= 4 is 33.8 Å². The van der Waals surface area contributed by atoms with Gasteiger partial charge >= 0.3 is 0 Å². The van der Waals surface area contributed by atoms with Crippen LogP contribution in [0.1, 0.15) is 16.5 Å². The zero-order valence-corrected chi connectivity index (χ0v) is 10.9. The number of pyridine rings is 1. The van der Waals surface area contributed by atoms with Crippen LogP contribution in [0.5, 0.6) is 0 Å². The number of hydrogen-bond acceptors (Lipinski definition) is 3. The van der Waals surface area contributed by atoms with E-state index in [2.05, 4.69) is 4.98 Å². The Morgan fingerprint density at radius 2 is 2.11 bits per heavy atom. The number of fused-ring (bicyclic) bond motifs is 1. The molecule has 0 saturated carbocycles. The molecule has 0 amide bonds. The SMILES string of the molecule is OC(c1ccc2cccnc2c1)c1sccc1Cl. The zero-order chi connectivity index (χ0) is 12.5. The Bertz CT molecular complexity index is 695. The smallest absolute Gasteiger partial charge is 0.115 e. The second-order valence-electron chi connectivity index (χ2n) is 3.99. The number of aliphatic hydroxyl groups excluding tert-OH is 1. The van der Waals surface area contributed by atoms with Gasteiger partial charge in [0.05, 0.1) is 15.4 Å². The van der Waals surface area contributed by atoms with Gasteiger partial charge in [0.1, 0.15) is 6.10 Å². The fourth-order valence-corrected chi connectivity index (χ4v) is 3.08. The average molecular weight is 276 g/mol. The van der Waals surface area contributed by atoms with Crippen LogP contribution >= 0.6 is 22.9 Å². The Balaban J connectivity index is 2.07. The van der Waals surface area contributed by atoms with E-state index < -0.39 is 6.10 Å². The maximum atomic E-state index is 10.3. The molecule has 0 aliphatic heterocycles. The van der Waals surface area contributed by atoms with Crippen molar-refractivity contribution in [2.75, 3.05) is 0 Å². The Morgan fingerprint density at radius 1 is 1.22 bits per heavy atom. The van der Waals surface area contributed by atoms with E-state index >= 15 is 0 Å². The fourth-order valence-electron chi connectivity index (χ4n) is 1.91. The lowest BCUT2D eigenvalue weighted by atomic mass is 10.1. The molecule has 1 unspecified atom stereocenters. The van der Waals surface area contributed by atoms with Gasteiger partial charge in [-0.2, -0.15) is 0 Å². The van der Waals surface area contributed by atoms with Crippen LogP contribution in [0.4, 0.5) is 0 Å². The van der Waals surface area contributed by atoms with Crippen LogP contribution in [0.2, 0.25) is 5.02 Å². The molecule has 3 aromatic rings. The van der Waals surface area contributed by atoms with E-state index in [0.717, 1.165) is 21.3 Å². The quantitative estimate of drug-likeness (QED) is 0.766. The summed E-state index contributed by atoms with van der Waals surface area (Å²) in [6.07, 6.45) is 1.06. The van der Waals surface area contributed by atoms with Crippen LogP contribution in [-0.2, 0) is 0 Å². The summed E-state index contributed by atoms with van der Waals surface area (Å²) in [4.78, 5) is 5.06. The molecule has 0 saturated heterocycles. The minimum atomic E-state index is -0.691. The lowest BCUT2D eigenvalue weighted by Gasteiger charge is -2.10. The molecule has 1 N–H and O–H groups in total. The van der Waals surface area contributed by atoms with E-state index in [1.54, 1.807) is 12.3 Å². The average Bonchev–Trinajstić information content (AvgIpc) is 2.83. The van der Waals surface area contributed by atoms with E-state index in [9.17, 15) is 5.11 Å². The van der Waals surface area contributed by atoms with Gasteiger partial charge in [0.25, 0.3) is 0 Å². The molecule has 0 aliphatic carbocycles. The summed E-state index contributed by atoms with van der Waals surface area (Å²) in [5.41, 5.74) is 1.69. The number of hydrogen-bond donors (Lipinski definition) is 1. The number of rotatable bonds is 2. The number of aliphatic hydroxyl groups is 1. The van der Waals surface area contributed by atoms with Crippen molar-refractivity contribution in [1.82, 2.24) is 4.98 Å². The molecule has 0 spiro atoms. The third-order valence-corrected chi connectivity index (χ3v) is 4.25. The van der Waals surface area contributed by atoms with Crippen LogP contribution in [-0.4, -0.2) is 10.1 Å². The number of halogens is 1. The predicted octanol–water partition coefficient (Wildman–Crippen LogP) is 4.03. The van der Waals surface area contributed by atoms with Crippen LogP contribution in [0, 0.1) is 0 Å². The first-order valence-corrected chi connectivity index (χ1v) is 6.77. The molecular weight excluding hydrogens is 266 g/mol. The maximum Gasteiger partial charge on any atom is 0.115 e. The highest BCUT2D eigenvalue weighted by atomic mass is 35.5. The van der Waals surface area contributed by atoms with Gasteiger partial charge in [0, 0.05) is 11.6 Å². The van der Waals surface area contributed by atoms with Crippen LogP contribution in [0.15, 0.2) is 48.0 Å². The molecule has 2 heterocycles. The maximum absolute atomic E-state index is 10.3. The monoisotopic (exact) mass is 275 g/mol. The highest BCUT2D eigenvalue weighted by molar-refractivity contribution is 7.10. The normalized spacial score (nSPS) is 12.8. The van der Waals surface area contributed by atoms with Gasteiger partial charge in [-0.1, -0.05) is 29.8 Å². The summed E-state index contributed by atoms with van der Waals surface area (Å²) in [7, 11) is 0. The molecule has 1 aromatic carbocycles. The molecule has 0 radical (unpaired) electrons.